The Morgan fingerprint density at radius 2 is 1.65 bits per heavy atom. The largest absolute Gasteiger partial charge is 0.322 e. The van der Waals surface area contributed by atoms with Gasteiger partial charge in [-0.05, 0) is 49.2 Å². The number of hydrogen-bond donors (Lipinski definition) is 1. The van der Waals surface area contributed by atoms with E-state index in [1.807, 2.05) is 6.07 Å². The molecule has 1 saturated heterocycles. The van der Waals surface area contributed by atoms with Crippen molar-refractivity contribution in [2.24, 2.45) is 0 Å². The van der Waals surface area contributed by atoms with Gasteiger partial charge in [0.25, 0.3) is 5.91 Å². The summed E-state index contributed by atoms with van der Waals surface area (Å²) in [5.74, 6) is -0.282. The number of anilines is 1. The number of halogens is 1. The predicted octanol–water partition coefficient (Wildman–Crippen LogP) is 4.27. The maximum Gasteiger partial charge on any atom is 0.255 e. The van der Waals surface area contributed by atoms with Crippen molar-refractivity contribution in [3.05, 3.63) is 58.6 Å². The quantitative estimate of drug-likeness (QED) is 0.777. The molecule has 1 aliphatic rings. The second-order valence-corrected chi connectivity index (χ2v) is 9.16. The van der Waals surface area contributed by atoms with E-state index in [1.54, 1.807) is 40.7 Å². The highest BCUT2D eigenvalue weighted by atomic mass is 79.9. The van der Waals surface area contributed by atoms with Gasteiger partial charge < -0.3 is 5.32 Å². The van der Waals surface area contributed by atoms with Crippen molar-refractivity contribution in [2.75, 3.05) is 18.4 Å². The van der Waals surface area contributed by atoms with Crippen molar-refractivity contribution in [3.63, 3.8) is 0 Å². The van der Waals surface area contributed by atoms with E-state index in [2.05, 4.69) is 21.2 Å². The fourth-order valence-electron chi connectivity index (χ4n) is 3.00. The number of nitrogens with one attached hydrogen (secondary N) is 1. The maximum absolute atomic E-state index is 12.9. The second kappa shape index (κ2) is 8.33. The Labute approximate surface area is 162 Å². The fraction of sp³-hybridized carbons (Fsp3) is 0.316. The van der Waals surface area contributed by atoms with Crippen LogP contribution in [0.5, 0.6) is 0 Å². The maximum atomic E-state index is 12.9. The number of amides is 1. The molecule has 0 aromatic heterocycles. The molecule has 1 heterocycles. The number of carbonyl (C=O) groups excluding carboxylic acids is 1. The van der Waals surface area contributed by atoms with Crippen LogP contribution < -0.4 is 5.32 Å². The van der Waals surface area contributed by atoms with Crippen LogP contribution in [0.2, 0.25) is 0 Å². The third-order valence-electron chi connectivity index (χ3n) is 4.38. The SMILES string of the molecule is O=C(Nc1cccc(S(=O)(=O)N2CCCCCC2)c1)c1cccc(Br)c1. The van der Waals surface area contributed by atoms with Crippen molar-refractivity contribution >= 4 is 37.5 Å². The van der Waals surface area contributed by atoms with E-state index >= 15 is 0 Å². The topological polar surface area (TPSA) is 66.5 Å². The van der Waals surface area contributed by atoms with Gasteiger partial charge >= 0.3 is 0 Å². The number of sulfonamides is 1. The zero-order valence-electron chi connectivity index (χ0n) is 14.3. The summed E-state index contributed by atoms with van der Waals surface area (Å²) in [6.07, 6.45) is 3.90. The molecule has 138 valence electrons. The van der Waals surface area contributed by atoms with Crippen LogP contribution in [0.25, 0.3) is 0 Å². The summed E-state index contributed by atoms with van der Waals surface area (Å²) >= 11 is 3.34. The molecule has 5 nitrogen and oxygen atoms in total. The molecule has 0 spiro atoms. The summed E-state index contributed by atoms with van der Waals surface area (Å²) in [4.78, 5) is 12.6. The molecule has 3 rings (SSSR count). The third kappa shape index (κ3) is 4.52. The van der Waals surface area contributed by atoms with Gasteiger partial charge in [-0.15, -0.1) is 0 Å². The van der Waals surface area contributed by atoms with Crippen LogP contribution in [0.1, 0.15) is 36.0 Å². The van der Waals surface area contributed by atoms with Crippen LogP contribution in [0.15, 0.2) is 57.9 Å². The minimum absolute atomic E-state index is 0.214. The van der Waals surface area contributed by atoms with Gasteiger partial charge in [-0.1, -0.05) is 40.9 Å². The lowest BCUT2D eigenvalue weighted by Gasteiger charge is -2.20. The first-order chi connectivity index (χ1) is 12.5. The van der Waals surface area contributed by atoms with E-state index in [1.165, 1.54) is 6.07 Å². The molecule has 2 aromatic carbocycles. The van der Waals surface area contributed by atoms with E-state index in [9.17, 15) is 13.2 Å². The molecule has 1 amide bonds. The molecular formula is C19H21BrN2O3S. The smallest absolute Gasteiger partial charge is 0.255 e. The second-order valence-electron chi connectivity index (χ2n) is 6.31. The molecule has 7 heteroatoms. The number of hydrogen-bond acceptors (Lipinski definition) is 3. The van der Waals surface area contributed by atoms with Crippen LogP contribution in [-0.2, 0) is 10.0 Å². The first-order valence-electron chi connectivity index (χ1n) is 8.64. The van der Waals surface area contributed by atoms with Gasteiger partial charge in [0.15, 0.2) is 0 Å². The Kier molecular flexibility index (Phi) is 6.11. The Bertz CT molecular complexity index is 891. The predicted molar refractivity (Wildman–Crippen MR) is 106 cm³/mol. The summed E-state index contributed by atoms with van der Waals surface area (Å²) in [6, 6.07) is 13.5. The average molecular weight is 437 g/mol. The fourth-order valence-corrected chi connectivity index (χ4v) is 4.96. The van der Waals surface area contributed by atoms with Crippen LogP contribution in [-0.4, -0.2) is 31.7 Å². The van der Waals surface area contributed by atoms with Gasteiger partial charge in [0.2, 0.25) is 10.0 Å². The van der Waals surface area contributed by atoms with Crippen molar-refractivity contribution < 1.29 is 13.2 Å². The highest BCUT2D eigenvalue weighted by Crippen LogP contribution is 2.23. The summed E-state index contributed by atoms with van der Waals surface area (Å²) in [7, 11) is -3.54. The molecular weight excluding hydrogens is 416 g/mol. The monoisotopic (exact) mass is 436 g/mol. The average Bonchev–Trinajstić information content (AvgIpc) is 2.92. The van der Waals surface area contributed by atoms with E-state index in [-0.39, 0.29) is 10.8 Å². The van der Waals surface area contributed by atoms with E-state index in [0.29, 0.717) is 24.3 Å². The number of rotatable bonds is 4. The molecule has 0 bridgehead atoms. The highest BCUT2D eigenvalue weighted by Gasteiger charge is 2.25. The van der Waals surface area contributed by atoms with Crippen LogP contribution >= 0.6 is 15.9 Å². The Balaban J connectivity index is 1.80. The van der Waals surface area contributed by atoms with Crippen molar-refractivity contribution in [1.82, 2.24) is 4.31 Å². The van der Waals surface area contributed by atoms with E-state index < -0.39 is 10.0 Å². The molecule has 1 aliphatic heterocycles. The summed E-state index contributed by atoms with van der Waals surface area (Å²) < 4.78 is 28.2. The van der Waals surface area contributed by atoms with Crippen LogP contribution in [0.4, 0.5) is 5.69 Å². The zero-order chi connectivity index (χ0) is 18.6. The standard InChI is InChI=1S/C19H21BrN2O3S/c20-16-8-5-7-15(13-16)19(23)21-17-9-6-10-18(14-17)26(24,25)22-11-3-1-2-4-12-22/h5-10,13-14H,1-4,11-12H2,(H,21,23). The minimum Gasteiger partial charge on any atom is -0.322 e. The van der Waals surface area contributed by atoms with Gasteiger partial charge in [0, 0.05) is 28.8 Å². The van der Waals surface area contributed by atoms with Gasteiger partial charge in [0.05, 0.1) is 4.90 Å². The van der Waals surface area contributed by atoms with Crippen LogP contribution in [0.3, 0.4) is 0 Å². The molecule has 1 N–H and O–H groups in total. The molecule has 0 saturated carbocycles. The number of carbonyl (C=O) groups is 1. The third-order valence-corrected chi connectivity index (χ3v) is 6.77. The molecule has 0 unspecified atom stereocenters. The summed E-state index contributed by atoms with van der Waals surface area (Å²) in [6.45, 7) is 1.11. The van der Waals surface area contributed by atoms with Crippen molar-refractivity contribution in [2.45, 2.75) is 30.6 Å². The normalized spacial score (nSPS) is 16.0. The molecule has 1 fully saturated rings. The van der Waals surface area contributed by atoms with Crippen molar-refractivity contribution in [1.29, 1.82) is 0 Å². The Morgan fingerprint density at radius 1 is 0.962 bits per heavy atom. The van der Waals surface area contributed by atoms with E-state index in [4.69, 9.17) is 0 Å². The lowest BCUT2D eigenvalue weighted by Crippen LogP contribution is -2.32. The van der Waals surface area contributed by atoms with Crippen molar-refractivity contribution in [3.8, 4) is 0 Å². The van der Waals surface area contributed by atoms with Gasteiger partial charge in [0.1, 0.15) is 0 Å². The first kappa shape index (κ1) is 19.1. The van der Waals surface area contributed by atoms with Gasteiger partial charge in [-0.2, -0.15) is 4.31 Å². The zero-order valence-corrected chi connectivity index (χ0v) is 16.7. The first-order valence-corrected chi connectivity index (χ1v) is 10.9. The molecule has 0 radical (unpaired) electrons. The molecule has 26 heavy (non-hydrogen) atoms. The minimum atomic E-state index is -3.54. The van der Waals surface area contributed by atoms with E-state index in [0.717, 1.165) is 30.2 Å². The molecule has 0 aliphatic carbocycles. The summed E-state index contributed by atoms with van der Waals surface area (Å²) in [5.41, 5.74) is 0.964. The highest BCUT2D eigenvalue weighted by molar-refractivity contribution is 9.10. The lowest BCUT2D eigenvalue weighted by atomic mass is 10.2. The van der Waals surface area contributed by atoms with Gasteiger partial charge in [-0.3, -0.25) is 4.79 Å². The Hall–Kier alpha value is -1.70. The van der Waals surface area contributed by atoms with Gasteiger partial charge in [-0.25, -0.2) is 8.42 Å². The molecule has 0 atom stereocenters. The van der Waals surface area contributed by atoms with Crippen LogP contribution in [0, 0.1) is 0 Å². The Morgan fingerprint density at radius 3 is 2.35 bits per heavy atom. The number of nitrogens with zero attached hydrogens (tertiary/aromatic N) is 1. The summed E-state index contributed by atoms with van der Waals surface area (Å²) in [5, 5.41) is 2.77. The molecule has 2 aromatic rings. The number of benzene rings is 2. The lowest BCUT2D eigenvalue weighted by molar-refractivity contribution is 0.102.